The lowest BCUT2D eigenvalue weighted by Gasteiger charge is -2.32. The first-order valence-electron chi connectivity index (χ1n) is 7.07. The molecule has 3 rings (SSSR count). The van der Waals surface area contributed by atoms with Crippen LogP contribution in [0.25, 0.3) is 0 Å². The van der Waals surface area contributed by atoms with Gasteiger partial charge in [-0.2, -0.15) is 0 Å². The number of nitrogens with zero attached hydrogens (tertiary/aromatic N) is 1. The molecule has 3 fully saturated rings. The number of carbonyl (C=O) groups is 2. The third-order valence-corrected chi connectivity index (χ3v) is 5.35. The highest BCUT2D eigenvalue weighted by Crippen LogP contribution is 2.63. The van der Waals surface area contributed by atoms with Gasteiger partial charge in [0.05, 0.1) is 17.9 Å². The number of amides is 2. The lowest BCUT2D eigenvalue weighted by molar-refractivity contribution is -0.147. The third-order valence-electron chi connectivity index (χ3n) is 5.35. The molecule has 2 saturated carbocycles. The van der Waals surface area contributed by atoms with E-state index in [1.165, 1.54) is 17.7 Å². The molecule has 1 saturated heterocycles. The maximum Gasteiger partial charge on any atom is 0.233 e. The van der Waals surface area contributed by atoms with Gasteiger partial charge in [0.25, 0.3) is 0 Å². The van der Waals surface area contributed by atoms with E-state index in [1.807, 2.05) is 13.8 Å². The number of nitrogens with two attached hydrogens (primary N) is 1. The molecule has 1 heterocycles. The van der Waals surface area contributed by atoms with E-state index in [-0.39, 0.29) is 35.1 Å². The molecule has 18 heavy (non-hydrogen) atoms. The number of rotatable bonds is 3. The Balaban J connectivity index is 1.81. The predicted molar refractivity (Wildman–Crippen MR) is 67.4 cm³/mol. The molecular weight excluding hydrogens is 228 g/mol. The maximum atomic E-state index is 12.4. The summed E-state index contributed by atoms with van der Waals surface area (Å²) in [5.41, 5.74) is 5.73. The summed E-state index contributed by atoms with van der Waals surface area (Å²) in [4.78, 5) is 26.3. The average Bonchev–Trinajstić information content (AvgIpc) is 2.73. The van der Waals surface area contributed by atoms with Crippen molar-refractivity contribution in [2.24, 2.45) is 28.9 Å². The zero-order chi connectivity index (χ0) is 13.1. The smallest absolute Gasteiger partial charge is 0.233 e. The van der Waals surface area contributed by atoms with E-state index >= 15 is 0 Å². The van der Waals surface area contributed by atoms with Crippen molar-refractivity contribution in [1.82, 2.24) is 4.90 Å². The van der Waals surface area contributed by atoms with Crippen LogP contribution in [0.1, 0.15) is 39.5 Å². The third kappa shape index (κ3) is 1.41. The highest BCUT2D eigenvalue weighted by molar-refractivity contribution is 6.10. The summed E-state index contributed by atoms with van der Waals surface area (Å²) in [6.45, 7) is 4.45. The van der Waals surface area contributed by atoms with Crippen LogP contribution in [0, 0.1) is 23.2 Å². The summed E-state index contributed by atoms with van der Waals surface area (Å²) >= 11 is 0. The Morgan fingerprint density at radius 3 is 2.17 bits per heavy atom. The molecule has 0 spiro atoms. The van der Waals surface area contributed by atoms with Crippen molar-refractivity contribution >= 4 is 11.8 Å². The normalized spacial score (nSPS) is 36.1. The second-order valence-electron chi connectivity index (χ2n) is 6.67. The zero-order valence-corrected chi connectivity index (χ0v) is 11.2. The van der Waals surface area contributed by atoms with E-state index in [4.69, 9.17) is 5.73 Å². The summed E-state index contributed by atoms with van der Waals surface area (Å²) in [6.07, 6.45) is 4.63. The van der Waals surface area contributed by atoms with Crippen LogP contribution in [0.5, 0.6) is 0 Å². The molecule has 3 unspecified atom stereocenters. The van der Waals surface area contributed by atoms with Crippen molar-refractivity contribution in [2.45, 2.75) is 45.6 Å². The minimum atomic E-state index is -0.112. The molecule has 1 aliphatic heterocycles. The van der Waals surface area contributed by atoms with Gasteiger partial charge < -0.3 is 5.73 Å². The Kier molecular flexibility index (Phi) is 2.56. The van der Waals surface area contributed by atoms with Gasteiger partial charge in [-0.1, -0.05) is 26.7 Å². The highest BCUT2D eigenvalue weighted by atomic mass is 16.2. The van der Waals surface area contributed by atoms with E-state index in [9.17, 15) is 9.59 Å². The molecule has 2 N–H and O–H groups in total. The van der Waals surface area contributed by atoms with Gasteiger partial charge in [-0.05, 0) is 24.2 Å². The van der Waals surface area contributed by atoms with E-state index in [1.54, 1.807) is 0 Å². The number of hydrogen-bond donors (Lipinski definition) is 1. The van der Waals surface area contributed by atoms with Crippen LogP contribution in [0.2, 0.25) is 0 Å². The Morgan fingerprint density at radius 1 is 1.22 bits per heavy atom. The lowest BCUT2D eigenvalue weighted by Crippen LogP contribution is -2.50. The second kappa shape index (κ2) is 3.80. The monoisotopic (exact) mass is 250 g/mol. The molecule has 4 nitrogen and oxygen atoms in total. The standard InChI is InChI=1S/C14H22N2O2/c1-14(2)10-11(14)13(18)16(12(10)17)9(7-15)8-5-3-4-6-8/h8-11H,3-7,15H2,1-2H3. The van der Waals surface area contributed by atoms with Crippen molar-refractivity contribution in [1.29, 1.82) is 0 Å². The van der Waals surface area contributed by atoms with Gasteiger partial charge in [0, 0.05) is 6.54 Å². The van der Waals surface area contributed by atoms with Gasteiger partial charge in [0.15, 0.2) is 0 Å². The Morgan fingerprint density at radius 2 is 1.72 bits per heavy atom. The van der Waals surface area contributed by atoms with Crippen LogP contribution in [0.3, 0.4) is 0 Å². The van der Waals surface area contributed by atoms with Crippen molar-refractivity contribution in [2.75, 3.05) is 6.54 Å². The highest BCUT2D eigenvalue weighted by Gasteiger charge is 2.73. The number of hydrogen-bond acceptors (Lipinski definition) is 3. The Hall–Kier alpha value is -0.900. The number of imide groups is 1. The maximum absolute atomic E-state index is 12.4. The fourth-order valence-electron chi connectivity index (χ4n) is 4.15. The largest absolute Gasteiger partial charge is 0.328 e. The summed E-state index contributed by atoms with van der Waals surface area (Å²) in [5.74, 6) is 0.374. The van der Waals surface area contributed by atoms with Gasteiger partial charge in [-0.15, -0.1) is 0 Å². The van der Waals surface area contributed by atoms with Crippen LogP contribution in [-0.2, 0) is 9.59 Å². The summed E-state index contributed by atoms with van der Waals surface area (Å²) in [6, 6.07) is -0.0453. The van der Waals surface area contributed by atoms with E-state index < -0.39 is 0 Å². The van der Waals surface area contributed by atoms with Gasteiger partial charge in [-0.3, -0.25) is 14.5 Å². The zero-order valence-electron chi connectivity index (χ0n) is 11.2. The van der Waals surface area contributed by atoms with Crippen LogP contribution >= 0.6 is 0 Å². The van der Waals surface area contributed by atoms with Crippen LogP contribution in [0.4, 0.5) is 0 Å². The topological polar surface area (TPSA) is 63.4 Å². The molecule has 0 aromatic heterocycles. The predicted octanol–water partition coefficient (Wildman–Crippen LogP) is 1.14. The minimum Gasteiger partial charge on any atom is -0.328 e. The first-order valence-corrected chi connectivity index (χ1v) is 7.07. The van der Waals surface area contributed by atoms with Crippen LogP contribution < -0.4 is 5.73 Å². The quantitative estimate of drug-likeness (QED) is 0.764. The number of likely N-dealkylation sites (tertiary alicyclic amines) is 1. The fourth-order valence-corrected chi connectivity index (χ4v) is 4.15. The Labute approximate surface area is 108 Å². The number of piperidine rings is 1. The molecular formula is C14H22N2O2. The molecule has 2 amide bonds. The van der Waals surface area contributed by atoms with Crippen molar-refractivity contribution in [3.63, 3.8) is 0 Å². The van der Waals surface area contributed by atoms with Crippen molar-refractivity contribution in [3.8, 4) is 0 Å². The second-order valence-corrected chi connectivity index (χ2v) is 6.67. The molecule has 0 radical (unpaired) electrons. The van der Waals surface area contributed by atoms with Gasteiger partial charge in [0.1, 0.15) is 0 Å². The molecule has 0 aromatic rings. The molecule has 4 heteroatoms. The van der Waals surface area contributed by atoms with E-state index in [2.05, 4.69) is 0 Å². The summed E-state index contributed by atoms with van der Waals surface area (Å²) < 4.78 is 0. The van der Waals surface area contributed by atoms with Crippen molar-refractivity contribution < 1.29 is 9.59 Å². The number of carbonyl (C=O) groups excluding carboxylic acids is 2. The van der Waals surface area contributed by atoms with Crippen molar-refractivity contribution in [3.05, 3.63) is 0 Å². The van der Waals surface area contributed by atoms with Gasteiger partial charge in [0.2, 0.25) is 11.8 Å². The minimum absolute atomic E-state index is 0.0392. The number of fused-ring (bicyclic) bond motifs is 1. The molecule has 3 atom stereocenters. The van der Waals surface area contributed by atoms with E-state index in [0.717, 1.165) is 12.8 Å². The summed E-state index contributed by atoms with van der Waals surface area (Å²) in [7, 11) is 0. The van der Waals surface area contributed by atoms with Crippen LogP contribution in [-0.4, -0.2) is 29.3 Å². The first kappa shape index (κ1) is 12.2. The summed E-state index contributed by atoms with van der Waals surface area (Å²) in [5, 5.41) is 0. The fraction of sp³-hybridized carbons (Fsp3) is 0.857. The van der Waals surface area contributed by atoms with E-state index in [0.29, 0.717) is 12.5 Å². The van der Waals surface area contributed by atoms with Crippen LogP contribution in [0.15, 0.2) is 0 Å². The SMILES string of the molecule is CC1(C)C2C(=O)N(C(CN)C3CCCC3)C(=O)C21. The average molecular weight is 250 g/mol. The molecule has 100 valence electrons. The molecule has 3 aliphatic rings. The molecule has 0 bridgehead atoms. The Bertz CT molecular complexity index is 375. The molecule has 2 aliphatic carbocycles. The van der Waals surface area contributed by atoms with Gasteiger partial charge >= 0.3 is 0 Å². The lowest BCUT2D eigenvalue weighted by atomic mass is 9.95. The molecule has 0 aromatic carbocycles. The van der Waals surface area contributed by atoms with Gasteiger partial charge in [-0.25, -0.2) is 0 Å². The first-order chi connectivity index (χ1) is 8.50.